The number of aliphatic imine (C=N–C) groups is 1. The molecule has 0 saturated carbocycles. The van der Waals surface area contributed by atoms with E-state index in [-0.39, 0.29) is 36.1 Å². The summed E-state index contributed by atoms with van der Waals surface area (Å²) in [4.78, 5) is 6.46. The number of guanidine groups is 1. The molecule has 1 aliphatic rings. The highest BCUT2D eigenvalue weighted by atomic mass is 127. The van der Waals surface area contributed by atoms with Crippen LogP contribution in [-0.2, 0) is 17.8 Å². The van der Waals surface area contributed by atoms with Crippen LogP contribution in [0.15, 0.2) is 47.5 Å². The molecule has 9 heteroatoms. The van der Waals surface area contributed by atoms with Crippen LogP contribution in [-0.4, -0.2) is 57.4 Å². The van der Waals surface area contributed by atoms with Gasteiger partial charge in [0.2, 0.25) is 0 Å². The molecule has 0 aromatic heterocycles. The van der Waals surface area contributed by atoms with Crippen LogP contribution in [0.1, 0.15) is 11.1 Å². The van der Waals surface area contributed by atoms with Gasteiger partial charge in [0.15, 0.2) is 5.96 Å². The Bertz CT molecular complexity index is 848. The van der Waals surface area contributed by atoms with Gasteiger partial charge in [0.25, 0.3) is 0 Å². The molecule has 31 heavy (non-hydrogen) atoms. The lowest BCUT2D eigenvalue weighted by Crippen LogP contribution is -2.38. The van der Waals surface area contributed by atoms with E-state index in [1.54, 1.807) is 7.05 Å². The van der Waals surface area contributed by atoms with Gasteiger partial charge in [0, 0.05) is 50.9 Å². The second-order valence-electron chi connectivity index (χ2n) is 6.93. The van der Waals surface area contributed by atoms with Crippen LogP contribution in [0.3, 0.4) is 0 Å². The Morgan fingerprint density at radius 3 is 2.52 bits per heavy atom. The van der Waals surface area contributed by atoms with Crippen molar-refractivity contribution in [1.29, 1.82) is 0 Å². The molecule has 2 N–H and O–H groups in total. The normalized spacial score (nSPS) is 14.6. The van der Waals surface area contributed by atoms with Crippen molar-refractivity contribution in [3.8, 4) is 5.75 Å². The van der Waals surface area contributed by atoms with E-state index < -0.39 is 11.6 Å². The van der Waals surface area contributed by atoms with Gasteiger partial charge in [-0.1, -0.05) is 18.2 Å². The summed E-state index contributed by atoms with van der Waals surface area (Å²) in [6.07, 6.45) is 0. The molecule has 0 aliphatic carbocycles. The summed E-state index contributed by atoms with van der Waals surface area (Å²) in [5, 5.41) is 6.19. The van der Waals surface area contributed by atoms with Crippen molar-refractivity contribution in [3.63, 3.8) is 0 Å². The third-order valence-corrected chi connectivity index (χ3v) is 4.87. The molecule has 0 bridgehead atoms. The molecule has 1 saturated heterocycles. The monoisotopic (exact) mass is 546 g/mol. The number of ether oxygens (including phenoxy) is 2. The Hall–Kier alpha value is -1.98. The van der Waals surface area contributed by atoms with Gasteiger partial charge < -0.3 is 20.1 Å². The van der Waals surface area contributed by atoms with Gasteiger partial charge in [-0.25, -0.2) is 8.78 Å². The van der Waals surface area contributed by atoms with E-state index in [2.05, 4.69) is 20.5 Å². The van der Waals surface area contributed by atoms with Crippen LogP contribution >= 0.6 is 24.0 Å². The molecule has 2 aromatic carbocycles. The highest BCUT2D eigenvalue weighted by Gasteiger charge is 2.11. The molecule has 1 heterocycles. The average Bonchev–Trinajstić information content (AvgIpc) is 2.77. The first kappa shape index (κ1) is 25.3. The number of hydrogen-bond acceptors (Lipinski definition) is 4. The maximum atomic E-state index is 13.8. The van der Waals surface area contributed by atoms with Crippen LogP contribution in [0.5, 0.6) is 5.75 Å². The van der Waals surface area contributed by atoms with E-state index in [1.807, 2.05) is 24.3 Å². The summed E-state index contributed by atoms with van der Waals surface area (Å²) < 4.78 is 38.5. The van der Waals surface area contributed by atoms with Crippen molar-refractivity contribution in [2.24, 2.45) is 4.99 Å². The number of morpholine rings is 1. The van der Waals surface area contributed by atoms with Crippen molar-refractivity contribution < 1.29 is 18.3 Å². The first-order chi connectivity index (χ1) is 14.7. The second-order valence-corrected chi connectivity index (χ2v) is 6.93. The zero-order valence-electron chi connectivity index (χ0n) is 17.6. The fraction of sp³-hybridized carbons (Fsp3) is 0.409. The minimum Gasteiger partial charge on any atom is -0.492 e. The van der Waals surface area contributed by atoms with E-state index in [4.69, 9.17) is 9.47 Å². The predicted molar refractivity (Wildman–Crippen MR) is 128 cm³/mol. The van der Waals surface area contributed by atoms with Gasteiger partial charge >= 0.3 is 0 Å². The zero-order chi connectivity index (χ0) is 21.2. The highest BCUT2D eigenvalue weighted by molar-refractivity contribution is 14.0. The van der Waals surface area contributed by atoms with Gasteiger partial charge in [-0.3, -0.25) is 9.89 Å². The number of rotatable bonds is 8. The summed E-state index contributed by atoms with van der Waals surface area (Å²) >= 11 is 0. The van der Waals surface area contributed by atoms with Crippen LogP contribution in [0.4, 0.5) is 8.78 Å². The molecular formula is C22H29F2IN4O2. The van der Waals surface area contributed by atoms with Crippen molar-refractivity contribution in [2.75, 3.05) is 46.5 Å². The standard InChI is InChI=1S/C22H28F2N4O2.HI/c1-25-22(27-16-18-14-19(23)6-7-20(18)24)26-15-17-4-2-3-5-21(17)30-13-10-28-8-11-29-12-9-28;/h2-7,14H,8-13,15-16H2,1H3,(H2,25,26,27);1H. The lowest BCUT2D eigenvalue weighted by molar-refractivity contribution is 0.0322. The molecule has 170 valence electrons. The maximum Gasteiger partial charge on any atom is 0.191 e. The average molecular weight is 546 g/mol. The lowest BCUT2D eigenvalue weighted by atomic mass is 10.2. The molecule has 3 rings (SSSR count). The molecule has 1 fully saturated rings. The molecule has 0 unspecified atom stereocenters. The van der Waals surface area contributed by atoms with Crippen molar-refractivity contribution in [2.45, 2.75) is 13.1 Å². The second kappa shape index (κ2) is 13.4. The van der Waals surface area contributed by atoms with E-state index in [1.165, 1.54) is 6.07 Å². The maximum absolute atomic E-state index is 13.8. The first-order valence-corrected chi connectivity index (χ1v) is 10.0. The van der Waals surface area contributed by atoms with Crippen LogP contribution in [0.25, 0.3) is 0 Å². The molecule has 0 amide bonds. The van der Waals surface area contributed by atoms with Crippen LogP contribution in [0.2, 0.25) is 0 Å². The largest absolute Gasteiger partial charge is 0.492 e. The zero-order valence-corrected chi connectivity index (χ0v) is 19.9. The minimum absolute atomic E-state index is 0. The molecule has 1 aliphatic heterocycles. The Labute approximate surface area is 199 Å². The SMILES string of the molecule is CN=C(NCc1cc(F)ccc1F)NCc1ccccc1OCCN1CCOCC1.I. The van der Waals surface area contributed by atoms with Crippen molar-refractivity contribution in [3.05, 3.63) is 65.2 Å². The smallest absolute Gasteiger partial charge is 0.191 e. The Balaban J connectivity index is 0.00000341. The minimum atomic E-state index is -0.473. The van der Waals surface area contributed by atoms with Gasteiger partial charge in [0.1, 0.15) is 24.0 Å². The number of benzene rings is 2. The summed E-state index contributed by atoms with van der Waals surface area (Å²) in [6.45, 7) is 5.47. The molecular weight excluding hydrogens is 517 g/mol. The summed E-state index contributed by atoms with van der Waals surface area (Å²) in [6, 6.07) is 11.2. The third kappa shape index (κ3) is 8.23. The van der Waals surface area contributed by atoms with E-state index in [0.717, 1.165) is 56.3 Å². The summed E-state index contributed by atoms with van der Waals surface area (Å²) in [7, 11) is 1.63. The fourth-order valence-corrected chi connectivity index (χ4v) is 3.16. The Kier molecular flexibility index (Phi) is 11.0. The number of nitrogens with one attached hydrogen (secondary N) is 2. The number of nitrogens with zero attached hydrogens (tertiary/aromatic N) is 2. The molecule has 2 aromatic rings. The predicted octanol–water partition coefficient (Wildman–Crippen LogP) is 3.16. The Morgan fingerprint density at radius 2 is 1.77 bits per heavy atom. The number of hydrogen-bond donors (Lipinski definition) is 2. The molecule has 6 nitrogen and oxygen atoms in total. The number of para-hydroxylation sites is 1. The third-order valence-electron chi connectivity index (χ3n) is 4.87. The molecule has 0 spiro atoms. The fourth-order valence-electron chi connectivity index (χ4n) is 3.16. The van der Waals surface area contributed by atoms with E-state index in [0.29, 0.717) is 19.1 Å². The van der Waals surface area contributed by atoms with Gasteiger partial charge in [0.05, 0.1) is 13.2 Å². The lowest BCUT2D eigenvalue weighted by Gasteiger charge is -2.26. The van der Waals surface area contributed by atoms with Crippen LogP contribution in [0, 0.1) is 11.6 Å². The van der Waals surface area contributed by atoms with Gasteiger partial charge in [-0.15, -0.1) is 24.0 Å². The Morgan fingerprint density at radius 1 is 1.06 bits per heavy atom. The summed E-state index contributed by atoms with van der Waals surface area (Å²) in [5.41, 5.74) is 1.23. The van der Waals surface area contributed by atoms with Gasteiger partial charge in [-0.2, -0.15) is 0 Å². The highest BCUT2D eigenvalue weighted by Crippen LogP contribution is 2.18. The van der Waals surface area contributed by atoms with E-state index in [9.17, 15) is 8.78 Å². The van der Waals surface area contributed by atoms with E-state index >= 15 is 0 Å². The van der Waals surface area contributed by atoms with Crippen molar-refractivity contribution >= 4 is 29.9 Å². The topological polar surface area (TPSA) is 58.1 Å². The van der Waals surface area contributed by atoms with Gasteiger partial charge in [-0.05, 0) is 24.3 Å². The quantitative estimate of drug-likeness (QED) is 0.303. The number of halogens is 3. The van der Waals surface area contributed by atoms with Crippen LogP contribution < -0.4 is 15.4 Å². The summed E-state index contributed by atoms with van der Waals surface area (Å²) in [5.74, 6) is 0.365. The first-order valence-electron chi connectivity index (χ1n) is 10.0. The molecule has 0 radical (unpaired) electrons. The van der Waals surface area contributed by atoms with Crippen molar-refractivity contribution in [1.82, 2.24) is 15.5 Å². The molecule has 0 atom stereocenters.